The van der Waals surface area contributed by atoms with Crippen LogP contribution in [-0.4, -0.2) is 10.5 Å². The van der Waals surface area contributed by atoms with Crippen LogP contribution in [0, 0.1) is 11.8 Å². The minimum atomic E-state index is 0.0237. The van der Waals surface area contributed by atoms with Crippen LogP contribution < -0.4 is 0 Å². The van der Waals surface area contributed by atoms with Gasteiger partial charge in [-0.1, -0.05) is 24.8 Å². The van der Waals surface area contributed by atoms with Gasteiger partial charge in [-0.2, -0.15) is 0 Å². The van der Waals surface area contributed by atoms with Crippen LogP contribution >= 0.6 is 0 Å². The molecule has 2 aromatic rings. The van der Waals surface area contributed by atoms with Crippen molar-refractivity contribution in [2.45, 2.75) is 20.3 Å². The summed E-state index contributed by atoms with van der Waals surface area (Å²) in [6.45, 7) is 3.58. The molecule has 1 heterocycles. The first-order valence-corrected chi connectivity index (χ1v) is 5.34. The summed E-state index contributed by atoms with van der Waals surface area (Å²) in [5, 5.41) is 1.04. The first-order chi connectivity index (χ1) is 7.74. The summed E-state index contributed by atoms with van der Waals surface area (Å²) >= 11 is 0. The van der Waals surface area contributed by atoms with Crippen molar-refractivity contribution in [3.8, 4) is 11.8 Å². The molecular formula is C14H13NO. The van der Waals surface area contributed by atoms with E-state index < -0.39 is 0 Å². The summed E-state index contributed by atoms with van der Waals surface area (Å²) in [7, 11) is 0. The van der Waals surface area contributed by atoms with Crippen molar-refractivity contribution >= 4 is 16.8 Å². The molecule has 0 spiro atoms. The maximum absolute atomic E-state index is 11.4. The number of carbonyl (C=O) groups is 1. The Labute approximate surface area is 94.9 Å². The highest BCUT2D eigenvalue weighted by Crippen LogP contribution is 2.19. The molecule has 16 heavy (non-hydrogen) atoms. The molecule has 0 aliphatic heterocycles. The monoisotopic (exact) mass is 211 g/mol. The van der Waals surface area contributed by atoms with E-state index in [2.05, 4.69) is 11.8 Å². The van der Waals surface area contributed by atoms with Crippen molar-refractivity contribution in [1.29, 1.82) is 0 Å². The molecule has 0 aliphatic carbocycles. The lowest BCUT2D eigenvalue weighted by atomic mass is 10.1. The van der Waals surface area contributed by atoms with Crippen LogP contribution in [0.5, 0.6) is 0 Å². The summed E-state index contributed by atoms with van der Waals surface area (Å²) in [6.07, 6.45) is 2.63. The first-order valence-electron chi connectivity index (χ1n) is 5.34. The average Bonchev–Trinajstić information content (AvgIpc) is 2.70. The van der Waals surface area contributed by atoms with Crippen molar-refractivity contribution in [3.05, 3.63) is 36.0 Å². The van der Waals surface area contributed by atoms with Gasteiger partial charge in [-0.05, 0) is 18.2 Å². The van der Waals surface area contributed by atoms with Gasteiger partial charge in [-0.25, -0.2) is 0 Å². The average molecular weight is 211 g/mol. The second kappa shape index (κ2) is 4.24. The molecule has 0 unspecified atom stereocenters. The third kappa shape index (κ3) is 1.72. The largest absolute Gasteiger partial charge is 0.287 e. The molecule has 80 valence electrons. The van der Waals surface area contributed by atoms with Gasteiger partial charge >= 0.3 is 0 Å². The third-order valence-electron chi connectivity index (χ3n) is 2.47. The minimum absolute atomic E-state index is 0.0237. The van der Waals surface area contributed by atoms with Crippen LogP contribution in [-0.2, 0) is 0 Å². The number of rotatable bonds is 0. The molecule has 1 aromatic carbocycles. The van der Waals surface area contributed by atoms with Crippen molar-refractivity contribution in [2.24, 2.45) is 0 Å². The van der Waals surface area contributed by atoms with Gasteiger partial charge in [-0.3, -0.25) is 9.36 Å². The van der Waals surface area contributed by atoms with E-state index >= 15 is 0 Å². The van der Waals surface area contributed by atoms with Crippen molar-refractivity contribution in [1.82, 2.24) is 4.57 Å². The fraction of sp³-hybridized carbons (Fsp3) is 0.214. The Hall–Kier alpha value is -2.01. The quantitative estimate of drug-likeness (QED) is 0.614. The van der Waals surface area contributed by atoms with Crippen LogP contribution in [0.1, 0.15) is 30.6 Å². The minimum Gasteiger partial charge on any atom is -0.287 e. The number of hydrogen-bond acceptors (Lipinski definition) is 1. The van der Waals surface area contributed by atoms with Gasteiger partial charge in [0.15, 0.2) is 0 Å². The fourth-order valence-corrected chi connectivity index (χ4v) is 1.73. The van der Waals surface area contributed by atoms with Gasteiger partial charge in [0.1, 0.15) is 0 Å². The zero-order valence-corrected chi connectivity index (χ0v) is 9.45. The molecule has 0 atom stereocenters. The molecule has 0 saturated heterocycles. The Bertz CT molecular complexity index is 596. The highest BCUT2D eigenvalue weighted by Gasteiger charge is 2.06. The lowest BCUT2D eigenvalue weighted by Gasteiger charge is -1.99. The van der Waals surface area contributed by atoms with E-state index in [0.717, 1.165) is 22.9 Å². The number of benzene rings is 1. The molecule has 0 saturated carbocycles. The van der Waals surface area contributed by atoms with Gasteiger partial charge in [-0.15, -0.1) is 0 Å². The van der Waals surface area contributed by atoms with E-state index in [4.69, 9.17) is 0 Å². The summed E-state index contributed by atoms with van der Waals surface area (Å²) in [4.78, 5) is 11.4. The normalized spacial score (nSPS) is 9.88. The molecule has 1 aromatic heterocycles. The predicted molar refractivity (Wildman–Crippen MR) is 65.4 cm³/mol. The third-order valence-corrected chi connectivity index (χ3v) is 2.47. The van der Waals surface area contributed by atoms with Gasteiger partial charge < -0.3 is 0 Å². The van der Waals surface area contributed by atoms with E-state index in [1.54, 1.807) is 17.7 Å². The molecule has 2 heteroatoms. The van der Waals surface area contributed by atoms with Crippen LogP contribution in [0.25, 0.3) is 10.9 Å². The van der Waals surface area contributed by atoms with Crippen molar-refractivity contribution in [3.63, 3.8) is 0 Å². The first kappa shape index (κ1) is 10.5. The Morgan fingerprint density at radius 2 is 2.19 bits per heavy atom. The maximum Gasteiger partial charge on any atom is 0.227 e. The predicted octanol–water partition coefficient (Wildman–Crippen LogP) is 3.06. The summed E-state index contributed by atoms with van der Waals surface area (Å²) in [5.74, 6) is 6.19. The van der Waals surface area contributed by atoms with Gasteiger partial charge in [0.05, 0.1) is 5.52 Å². The SMILES string of the molecule is CCC#Cc1cccc2c1ccn2C(C)=O. The Kier molecular flexibility index (Phi) is 2.78. The topological polar surface area (TPSA) is 22.0 Å². The Balaban J connectivity index is 2.66. The second-order valence-electron chi connectivity index (χ2n) is 3.60. The molecule has 0 N–H and O–H groups in total. The maximum atomic E-state index is 11.4. The highest BCUT2D eigenvalue weighted by molar-refractivity contribution is 5.94. The van der Waals surface area contributed by atoms with E-state index in [1.165, 1.54) is 0 Å². The number of nitrogens with zero attached hydrogens (tertiary/aromatic N) is 1. The molecular weight excluding hydrogens is 198 g/mol. The molecule has 0 fully saturated rings. The zero-order chi connectivity index (χ0) is 11.5. The van der Waals surface area contributed by atoms with Gasteiger partial charge in [0.25, 0.3) is 0 Å². The molecule has 0 amide bonds. The molecule has 0 aliphatic rings. The summed E-state index contributed by atoms with van der Waals surface area (Å²) in [6, 6.07) is 7.79. The standard InChI is InChI=1S/C14H13NO/c1-3-4-6-12-7-5-8-14-13(12)9-10-15(14)11(2)16/h5,7-10H,3H2,1-2H3. The van der Waals surface area contributed by atoms with Crippen molar-refractivity contribution < 1.29 is 4.79 Å². The summed E-state index contributed by atoms with van der Waals surface area (Å²) < 4.78 is 1.65. The van der Waals surface area contributed by atoms with Crippen LogP contribution in [0.4, 0.5) is 0 Å². The lowest BCUT2D eigenvalue weighted by Crippen LogP contribution is -2.02. The summed E-state index contributed by atoms with van der Waals surface area (Å²) in [5.41, 5.74) is 1.91. The number of fused-ring (bicyclic) bond motifs is 1. The van der Waals surface area contributed by atoms with Gasteiger partial charge in [0.2, 0.25) is 5.91 Å². The van der Waals surface area contributed by atoms with E-state index in [1.807, 2.05) is 31.2 Å². The van der Waals surface area contributed by atoms with Gasteiger partial charge in [0, 0.05) is 30.5 Å². The highest BCUT2D eigenvalue weighted by atomic mass is 16.1. The molecule has 0 radical (unpaired) electrons. The van der Waals surface area contributed by atoms with Crippen molar-refractivity contribution in [2.75, 3.05) is 0 Å². The Morgan fingerprint density at radius 1 is 1.38 bits per heavy atom. The second-order valence-corrected chi connectivity index (χ2v) is 3.60. The Morgan fingerprint density at radius 3 is 2.88 bits per heavy atom. The molecule has 2 rings (SSSR count). The fourth-order valence-electron chi connectivity index (χ4n) is 1.73. The van der Waals surface area contributed by atoms with Crippen LogP contribution in [0.15, 0.2) is 30.5 Å². The smallest absolute Gasteiger partial charge is 0.227 e. The van der Waals surface area contributed by atoms with E-state index in [0.29, 0.717) is 0 Å². The number of hydrogen-bond donors (Lipinski definition) is 0. The molecule has 0 bridgehead atoms. The number of carbonyl (C=O) groups excluding carboxylic acids is 1. The molecule has 2 nitrogen and oxygen atoms in total. The lowest BCUT2D eigenvalue weighted by molar-refractivity contribution is 0.0941. The van der Waals surface area contributed by atoms with E-state index in [-0.39, 0.29) is 5.91 Å². The number of aromatic nitrogens is 1. The van der Waals surface area contributed by atoms with Crippen LogP contribution in [0.3, 0.4) is 0 Å². The zero-order valence-electron chi connectivity index (χ0n) is 9.45. The van der Waals surface area contributed by atoms with Crippen LogP contribution in [0.2, 0.25) is 0 Å². The van der Waals surface area contributed by atoms with E-state index in [9.17, 15) is 4.79 Å².